The molecule has 0 spiro atoms. The van der Waals surface area contributed by atoms with Crippen molar-refractivity contribution in [3.8, 4) is 23.0 Å². The first-order valence-corrected chi connectivity index (χ1v) is 9.45. The van der Waals surface area contributed by atoms with E-state index in [4.69, 9.17) is 18.9 Å². The van der Waals surface area contributed by atoms with Gasteiger partial charge in [0.2, 0.25) is 12.7 Å². The van der Waals surface area contributed by atoms with Gasteiger partial charge in [-0.2, -0.15) is 5.10 Å². The van der Waals surface area contributed by atoms with Crippen LogP contribution in [0.5, 0.6) is 23.0 Å². The summed E-state index contributed by atoms with van der Waals surface area (Å²) >= 11 is 0. The third kappa shape index (κ3) is 5.65. The average Bonchev–Trinajstić information content (AvgIpc) is 3.25. The fraction of sp³-hybridized carbons (Fsp3) is 0.238. The van der Waals surface area contributed by atoms with Crippen LogP contribution in [0.2, 0.25) is 0 Å². The zero-order valence-electron chi connectivity index (χ0n) is 17.7. The van der Waals surface area contributed by atoms with Crippen LogP contribution in [0.25, 0.3) is 0 Å². The van der Waals surface area contributed by atoms with Gasteiger partial charge in [0.05, 0.1) is 26.3 Å². The summed E-state index contributed by atoms with van der Waals surface area (Å²) in [7, 11) is 2.90. The lowest BCUT2D eigenvalue weighted by molar-refractivity contribution is -0.136. The second-order valence-corrected chi connectivity index (χ2v) is 6.60. The van der Waals surface area contributed by atoms with Crippen molar-refractivity contribution in [2.24, 2.45) is 5.10 Å². The van der Waals surface area contributed by atoms with Crippen LogP contribution in [0.3, 0.4) is 0 Å². The third-order valence-electron chi connectivity index (χ3n) is 4.28. The number of benzene rings is 2. The molecule has 3 N–H and O–H groups in total. The van der Waals surface area contributed by atoms with Crippen LogP contribution in [0.1, 0.15) is 13.3 Å². The molecule has 0 radical (unpaired) electrons. The summed E-state index contributed by atoms with van der Waals surface area (Å²) in [6.07, 6.45) is -0.0972. The standard InChI is InChI=1S/C21H22N4O7/c1-12(8-19(26)22-13-4-6-17-18(9-13)32-11-31-17)24-25-21(28)20(27)23-15-10-14(29-2)5-7-16(15)30-3/h4-7,9-10H,8,11H2,1-3H3,(H,22,26)(H,23,27)(H,25,28)/b24-12-. The Balaban J connectivity index is 1.52. The molecule has 0 bridgehead atoms. The lowest BCUT2D eigenvalue weighted by atomic mass is 10.2. The van der Waals surface area contributed by atoms with Gasteiger partial charge in [-0.05, 0) is 31.2 Å². The van der Waals surface area contributed by atoms with Crippen molar-refractivity contribution in [3.05, 3.63) is 36.4 Å². The van der Waals surface area contributed by atoms with Gasteiger partial charge in [-0.1, -0.05) is 0 Å². The molecule has 3 rings (SSSR count). The number of hydrogen-bond donors (Lipinski definition) is 3. The molecule has 11 heteroatoms. The van der Waals surface area contributed by atoms with Crippen molar-refractivity contribution in [1.29, 1.82) is 0 Å². The fourth-order valence-corrected chi connectivity index (χ4v) is 2.74. The number of nitrogens with zero attached hydrogens (tertiary/aromatic N) is 1. The maximum Gasteiger partial charge on any atom is 0.329 e. The predicted molar refractivity (Wildman–Crippen MR) is 115 cm³/mol. The molecule has 0 atom stereocenters. The highest BCUT2D eigenvalue weighted by Crippen LogP contribution is 2.34. The molecule has 0 unspecified atom stereocenters. The molecule has 0 aromatic heterocycles. The summed E-state index contributed by atoms with van der Waals surface area (Å²) in [6, 6.07) is 9.76. The molecular formula is C21H22N4O7. The van der Waals surface area contributed by atoms with E-state index in [9.17, 15) is 14.4 Å². The summed E-state index contributed by atoms with van der Waals surface area (Å²) < 4.78 is 20.7. The second kappa shape index (κ2) is 10.2. The molecule has 0 aliphatic carbocycles. The number of hydrogen-bond acceptors (Lipinski definition) is 8. The lowest BCUT2D eigenvalue weighted by Gasteiger charge is -2.11. The number of carbonyl (C=O) groups excluding carboxylic acids is 3. The van der Waals surface area contributed by atoms with Crippen LogP contribution in [0.4, 0.5) is 11.4 Å². The Morgan fingerprint density at radius 2 is 1.75 bits per heavy atom. The monoisotopic (exact) mass is 442 g/mol. The van der Waals surface area contributed by atoms with Crippen molar-refractivity contribution in [1.82, 2.24) is 5.43 Å². The van der Waals surface area contributed by atoms with Crippen LogP contribution in [-0.4, -0.2) is 44.4 Å². The van der Waals surface area contributed by atoms with Gasteiger partial charge in [0, 0.05) is 23.5 Å². The number of fused-ring (bicyclic) bond motifs is 1. The van der Waals surface area contributed by atoms with Crippen molar-refractivity contribution >= 4 is 34.8 Å². The Morgan fingerprint density at radius 3 is 2.50 bits per heavy atom. The normalized spacial score (nSPS) is 12.0. The minimum absolute atomic E-state index is 0.0972. The van der Waals surface area contributed by atoms with Crippen LogP contribution in [0.15, 0.2) is 41.5 Å². The van der Waals surface area contributed by atoms with E-state index in [1.165, 1.54) is 20.3 Å². The van der Waals surface area contributed by atoms with Gasteiger partial charge in [0.25, 0.3) is 0 Å². The van der Waals surface area contributed by atoms with Crippen LogP contribution >= 0.6 is 0 Å². The van der Waals surface area contributed by atoms with Crippen molar-refractivity contribution in [3.63, 3.8) is 0 Å². The van der Waals surface area contributed by atoms with E-state index >= 15 is 0 Å². The van der Waals surface area contributed by atoms with E-state index in [1.807, 2.05) is 0 Å². The highest BCUT2D eigenvalue weighted by atomic mass is 16.7. The van der Waals surface area contributed by atoms with E-state index in [1.54, 1.807) is 37.3 Å². The molecule has 11 nitrogen and oxygen atoms in total. The Morgan fingerprint density at radius 1 is 0.969 bits per heavy atom. The van der Waals surface area contributed by atoms with E-state index in [-0.39, 0.29) is 24.8 Å². The maximum absolute atomic E-state index is 12.2. The molecule has 0 fully saturated rings. The summed E-state index contributed by atoms with van der Waals surface area (Å²) in [5.41, 5.74) is 3.21. The number of nitrogens with one attached hydrogen (secondary N) is 3. The molecule has 0 saturated heterocycles. The first-order valence-electron chi connectivity index (χ1n) is 9.45. The number of ether oxygens (including phenoxy) is 4. The lowest BCUT2D eigenvalue weighted by Crippen LogP contribution is -2.33. The van der Waals surface area contributed by atoms with E-state index in [2.05, 4.69) is 21.2 Å². The SMILES string of the molecule is COc1ccc(OC)c(NC(=O)C(=O)N/N=C(/C)CC(=O)Nc2ccc3c(c2)OCO3)c1. The minimum atomic E-state index is -1.01. The van der Waals surface area contributed by atoms with Gasteiger partial charge in [-0.3, -0.25) is 14.4 Å². The molecule has 32 heavy (non-hydrogen) atoms. The minimum Gasteiger partial charge on any atom is -0.497 e. The Kier molecular flexibility index (Phi) is 7.11. The van der Waals surface area contributed by atoms with Crippen molar-refractivity contribution in [2.45, 2.75) is 13.3 Å². The number of anilines is 2. The number of amides is 3. The highest BCUT2D eigenvalue weighted by molar-refractivity contribution is 6.39. The quantitative estimate of drug-likeness (QED) is 0.338. The van der Waals surface area contributed by atoms with Gasteiger partial charge in [-0.25, -0.2) is 5.43 Å². The molecule has 1 aliphatic rings. The smallest absolute Gasteiger partial charge is 0.329 e. The Hall–Kier alpha value is -4.28. The zero-order valence-corrected chi connectivity index (χ0v) is 17.7. The molecule has 2 aromatic carbocycles. The number of rotatable bonds is 7. The molecule has 168 valence electrons. The van der Waals surface area contributed by atoms with Gasteiger partial charge in [0.1, 0.15) is 11.5 Å². The first-order chi connectivity index (χ1) is 15.4. The molecule has 3 amide bonds. The van der Waals surface area contributed by atoms with E-state index in [0.717, 1.165) is 0 Å². The predicted octanol–water partition coefficient (Wildman–Crippen LogP) is 1.89. The van der Waals surface area contributed by atoms with Crippen LogP contribution in [-0.2, 0) is 14.4 Å². The zero-order chi connectivity index (χ0) is 23.1. The molecule has 2 aromatic rings. The van der Waals surface area contributed by atoms with Crippen LogP contribution < -0.4 is 35.0 Å². The Bertz CT molecular complexity index is 1070. The first kappa shape index (κ1) is 22.4. The summed E-state index contributed by atoms with van der Waals surface area (Å²) in [5, 5.41) is 8.92. The number of methoxy groups -OCH3 is 2. The largest absolute Gasteiger partial charge is 0.497 e. The summed E-state index contributed by atoms with van der Waals surface area (Å²) in [4.78, 5) is 36.4. The van der Waals surface area contributed by atoms with Gasteiger partial charge in [0.15, 0.2) is 11.5 Å². The van der Waals surface area contributed by atoms with Gasteiger partial charge in [-0.15, -0.1) is 0 Å². The van der Waals surface area contributed by atoms with Gasteiger partial charge < -0.3 is 29.6 Å². The topological polar surface area (TPSA) is 137 Å². The van der Waals surface area contributed by atoms with Gasteiger partial charge >= 0.3 is 11.8 Å². The van der Waals surface area contributed by atoms with Crippen molar-refractivity contribution < 1.29 is 33.3 Å². The maximum atomic E-state index is 12.2. The second-order valence-electron chi connectivity index (χ2n) is 6.60. The fourth-order valence-electron chi connectivity index (χ4n) is 2.74. The summed E-state index contributed by atoms with van der Waals surface area (Å²) in [5.74, 6) is -0.351. The van der Waals surface area contributed by atoms with E-state index in [0.29, 0.717) is 34.4 Å². The number of carbonyl (C=O) groups is 3. The molecule has 1 heterocycles. The molecule has 1 aliphatic heterocycles. The number of hydrazone groups is 1. The molecule has 0 saturated carbocycles. The van der Waals surface area contributed by atoms with Crippen LogP contribution in [0, 0.1) is 0 Å². The third-order valence-corrected chi connectivity index (χ3v) is 4.28. The molecular weight excluding hydrogens is 420 g/mol. The summed E-state index contributed by atoms with van der Waals surface area (Å²) in [6.45, 7) is 1.68. The van der Waals surface area contributed by atoms with E-state index < -0.39 is 11.8 Å². The van der Waals surface area contributed by atoms with Crippen molar-refractivity contribution in [2.75, 3.05) is 31.6 Å². The highest BCUT2D eigenvalue weighted by Gasteiger charge is 2.17. The Labute approximate surface area is 183 Å². The average molecular weight is 442 g/mol.